The smallest absolute Gasteiger partial charge is 0.187 e. The van der Waals surface area contributed by atoms with Crippen LogP contribution in [0.25, 0.3) is 0 Å². The van der Waals surface area contributed by atoms with E-state index in [1.54, 1.807) is 13.8 Å². The molecule has 478 valence electrons. The maximum Gasteiger partial charge on any atom is 0.187 e. The number of Topliss-reactive ketones (excluding diaryl/α,β-unsaturated/α-hetero) is 1. The number of carbonyl (C=O) groups excluding carboxylic acids is 1. The monoisotopic (exact) mass is 1190 g/mol. The highest BCUT2D eigenvalue weighted by Gasteiger charge is 2.71. The molecule has 3 saturated carbocycles. The number of fused-ring (bicyclic) bond motifs is 5. The molecule has 0 aromatic heterocycles. The normalized spacial score (nSPS) is 51.1. The van der Waals surface area contributed by atoms with E-state index in [0.29, 0.717) is 38.5 Å². The average Bonchev–Trinajstić information content (AvgIpc) is 1.86. The van der Waals surface area contributed by atoms with Gasteiger partial charge in [0.05, 0.1) is 75.1 Å². The highest BCUT2D eigenvalue weighted by Crippen LogP contribution is 2.74. The molecule has 8 fully saturated rings. The molecule has 9 aliphatic rings. The molecular weight excluding hydrogens is 1100 g/mol. The molecule has 5 aliphatic heterocycles. The minimum absolute atomic E-state index is 0.0195. The summed E-state index contributed by atoms with van der Waals surface area (Å²) in [7, 11) is 0. The van der Waals surface area contributed by atoms with Crippen LogP contribution in [0.2, 0.25) is 0 Å². The summed E-state index contributed by atoms with van der Waals surface area (Å²) in [5, 5.41) is 162. The van der Waals surface area contributed by atoms with Crippen LogP contribution in [0, 0.1) is 51.2 Å². The largest absolute Gasteiger partial charge is 0.394 e. The van der Waals surface area contributed by atoms with Gasteiger partial charge in [-0.15, -0.1) is 0 Å². The first-order valence-corrected chi connectivity index (χ1v) is 30.0. The molecule has 0 radical (unpaired) electrons. The van der Waals surface area contributed by atoms with Crippen molar-refractivity contribution in [2.45, 2.75) is 260 Å². The zero-order valence-corrected chi connectivity index (χ0v) is 48.9. The number of hydrogen-bond donors (Lipinski definition) is 15. The number of hydrogen-bond acceptors (Lipinski definition) is 25. The van der Waals surface area contributed by atoms with Gasteiger partial charge in [-0.1, -0.05) is 53.2 Å². The topological polar surface area (TPSA) is 404 Å². The quantitative estimate of drug-likeness (QED) is 0.0663. The van der Waals surface area contributed by atoms with Crippen LogP contribution in [0.4, 0.5) is 0 Å². The van der Waals surface area contributed by atoms with E-state index in [2.05, 4.69) is 33.8 Å². The lowest BCUT2D eigenvalue weighted by Gasteiger charge is -2.65. The Balaban J connectivity index is 0.906. The predicted molar refractivity (Wildman–Crippen MR) is 284 cm³/mol. The van der Waals surface area contributed by atoms with Crippen molar-refractivity contribution >= 4 is 5.78 Å². The first kappa shape index (κ1) is 65.9. The highest BCUT2D eigenvalue weighted by atomic mass is 16.8. The predicted octanol–water partition coefficient (Wildman–Crippen LogP) is -2.62. The number of ether oxygens (including phenoxy) is 9. The Morgan fingerprint density at radius 3 is 1.94 bits per heavy atom. The molecule has 5 saturated heterocycles. The molecule has 5 heterocycles. The van der Waals surface area contributed by atoms with E-state index in [4.69, 9.17) is 42.6 Å². The fourth-order valence-corrected chi connectivity index (χ4v) is 16.6. The third kappa shape index (κ3) is 11.8. The van der Waals surface area contributed by atoms with Crippen LogP contribution in [0.3, 0.4) is 0 Å². The fraction of sp³-hybridized carbons (Fsp3) is 0.948. The van der Waals surface area contributed by atoms with Gasteiger partial charge in [-0.05, 0) is 93.3 Å². The molecule has 0 spiro atoms. The second kappa shape index (κ2) is 25.0. The third-order valence-electron chi connectivity index (χ3n) is 21.9. The summed E-state index contributed by atoms with van der Waals surface area (Å²) in [5.74, 6) is -1.33. The Bertz CT molecular complexity index is 2230. The summed E-state index contributed by atoms with van der Waals surface area (Å²) in [6, 6.07) is 0. The number of aliphatic hydroxyl groups excluding tert-OH is 14. The molecule has 31 atom stereocenters. The first-order valence-electron chi connectivity index (χ1n) is 30.0. The molecule has 25 nitrogen and oxygen atoms in total. The SMILES string of the molecule is C[C@H](CC[C@@H](O[C@@H]1OC[C@@H](O)[C@H](O)[C@H]1O[C@H]1O[C@@H](CO)[C@H](O)[C@@H](O)[C@@H]1O)C(C)(C)O)C1CC[C@@]2(C)C3CC=C4C(CC[C@H](O[C@@H]5O[C@H](CO[C@@H]6OC[C@@H](O)C[C@H]6O)[C@@H](O)[C@H](O)[C@H]5C5O[C@@H](CO)[C@H](O)[C@@H](O)[C@@H]5O)C4(C)C)[C@]3(C)C(=O)C[C@]12C. The van der Waals surface area contributed by atoms with Gasteiger partial charge in [-0.2, -0.15) is 0 Å². The summed E-state index contributed by atoms with van der Waals surface area (Å²) in [6.07, 6.45) is -26.8. The molecule has 4 aliphatic carbocycles. The van der Waals surface area contributed by atoms with Crippen LogP contribution in [0.5, 0.6) is 0 Å². The van der Waals surface area contributed by atoms with Crippen molar-refractivity contribution in [3.8, 4) is 0 Å². The second-order valence-electron chi connectivity index (χ2n) is 27.6. The van der Waals surface area contributed by atoms with Crippen molar-refractivity contribution in [2.75, 3.05) is 33.0 Å². The molecule has 0 amide bonds. The molecule has 15 N–H and O–H groups in total. The molecule has 83 heavy (non-hydrogen) atoms. The van der Waals surface area contributed by atoms with E-state index in [9.17, 15) is 76.6 Å². The van der Waals surface area contributed by atoms with Crippen LogP contribution in [-0.2, 0) is 47.4 Å². The molecule has 25 heteroatoms. The molecule has 4 unspecified atom stereocenters. The Labute approximate surface area is 484 Å². The number of rotatable bonds is 17. The standard InChI is InChI=1S/C58H96O25/c1-24(9-13-37(55(4,5)74)82-53-49(39(65)30(63)22-76-53)83-52-47(73)45(71)41(67)32(20-60)79-52)26-15-16-56(6)34-12-10-27-28(58(34,8)35(64)18-57(26,56)7)11-14-36(54(27,2)3)81-51-38(48-46(72)44(70)40(66)31(19-59)78-48)43(69)42(68)33(80-51)23-77-50-29(62)17-25(61)21-75-50/h10,24-26,28-34,36-53,59-63,65-74H,9,11-23H2,1-8H3/t24-,25+,26?,28?,29-,30-,31+,32+,33-,34?,36+,37-,38+,39+,40+,41+,42-,43-,44-,45-,46+,47+,48?,49-,50+,51+,52-,53+,56+,57-,58+/m1/s1. The Hall–Kier alpha value is -1.55. The van der Waals surface area contributed by atoms with Gasteiger partial charge in [0.25, 0.3) is 0 Å². The molecule has 0 aromatic carbocycles. The van der Waals surface area contributed by atoms with E-state index in [-0.39, 0.29) is 54.5 Å². The highest BCUT2D eigenvalue weighted by molar-refractivity contribution is 5.88. The van der Waals surface area contributed by atoms with Crippen molar-refractivity contribution in [1.29, 1.82) is 0 Å². The van der Waals surface area contributed by atoms with Gasteiger partial charge in [-0.3, -0.25) is 4.79 Å². The van der Waals surface area contributed by atoms with E-state index in [1.165, 1.54) is 0 Å². The average molecular weight is 1190 g/mol. The number of carbonyl (C=O) groups is 1. The molecular formula is C58H96O25. The van der Waals surface area contributed by atoms with Gasteiger partial charge in [0.1, 0.15) is 91.2 Å². The van der Waals surface area contributed by atoms with E-state index >= 15 is 4.79 Å². The Morgan fingerprint density at radius 1 is 0.663 bits per heavy atom. The lowest BCUT2D eigenvalue weighted by Crippen LogP contribution is -2.68. The van der Waals surface area contributed by atoms with Gasteiger partial charge in [0.15, 0.2) is 25.2 Å². The maximum atomic E-state index is 15.4. The van der Waals surface area contributed by atoms with Crippen molar-refractivity contribution in [3.63, 3.8) is 0 Å². The number of ketones is 1. The van der Waals surface area contributed by atoms with E-state index in [1.807, 2.05) is 13.8 Å². The summed E-state index contributed by atoms with van der Waals surface area (Å²) in [4.78, 5) is 15.4. The van der Waals surface area contributed by atoms with E-state index in [0.717, 1.165) is 18.4 Å². The van der Waals surface area contributed by atoms with Crippen LogP contribution >= 0.6 is 0 Å². The van der Waals surface area contributed by atoms with Crippen LogP contribution in [-0.4, -0.2) is 262 Å². The minimum atomic E-state index is -1.82. The zero-order valence-electron chi connectivity index (χ0n) is 48.9. The van der Waals surface area contributed by atoms with Crippen LogP contribution < -0.4 is 0 Å². The second-order valence-corrected chi connectivity index (χ2v) is 27.6. The van der Waals surface area contributed by atoms with Gasteiger partial charge < -0.3 is 119 Å². The van der Waals surface area contributed by atoms with Gasteiger partial charge in [0, 0.05) is 23.7 Å². The lowest BCUT2D eigenvalue weighted by atomic mass is 9.38. The van der Waals surface area contributed by atoms with Crippen molar-refractivity contribution in [2.24, 2.45) is 51.2 Å². The molecule has 0 bridgehead atoms. The molecule has 9 rings (SSSR count). The third-order valence-corrected chi connectivity index (χ3v) is 21.9. The Kier molecular flexibility index (Phi) is 19.9. The number of allylic oxidation sites excluding steroid dienone is 1. The van der Waals surface area contributed by atoms with Crippen molar-refractivity contribution in [1.82, 2.24) is 0 Å². The van der Waals surface area contributed by atoms with E-state index < -0.39 is 189 Å². The number of aliphatic hydroxyl groups is 15. The first-order chi connectivity index (χ1) is 38.8. The summed E-state index contributed by atoms with van der Waals surface area (Å²) < 4.78 is 54.4. The fourth-order valence-electron chi connectivity index (χ4n) is 16.6. The summed E-state index contributed by atoms with van der Waals surface area (Å²) in [5.41, 5.74) is -2.70. The lowest BCUT2D eigenvalue weighted by molar-refractivity contribution is -0.364. The van der Waals surface area contributed by atoms with Crippen molar-refractivity contribution in [3.05, 3.63) is 11.6 Å². The molecule has 0 aromatic rings. The Morgan fingerprint density at radius 2 is 1.29 bits per heavy atom. The van der Waals surface area contributed by atoms with Gasteiger partial charge in [-0.25, -0.2) is 0 Å². The van der Waals surface area contributed by atoms with Gasteiger partial charge >= 0.3 is 0 Å². The maximum absolute atomic E-state index is 15.4. The zero-order chi connectivity index (χ0) is 60.8. The van der Waals surface area contributed by atoms with Crippen molar-refractivity contribution < 1.29 is 124 Å². The summed E-state index contributed by atoms with van der Waals surface area (Å²) >= 11 is 0. The van der Waals surface area contributed by atoms with Crippen LogP contribution in [0.15, 0.2) is 11.6 Å². The minimum Gasteiger partial charge on any atom is -0.394 e. The summed E-state index contributed by atoms with van der Waals surface area (Å²) in [6.45, 7) is 13.7. The van der Waals surface area contributed by atoms with Gasteiger partial charge in [0.2, 0.25) is 0 Å². The van der Waals surface area contributed by atoms with Crippen LogP contribution in [0.1, 0.15) is 113 Å².